The zero-order valence-corrected chi connectivity index (χ0v) is 10.1. The van der Waals surface area contributed by atoms with E-state index in [9.17, 15) is 9.59 Å². The number of nitrogens with one attached hydrogen (secondary N) is 1. The molecule has 94 valence electrons. The molecule has 1 rings (SSSR count). The van der Waals surface area contributed by atoms with Gasteiger partial charge in [0.05, 0.1) is 19.8 Å². The Balaban J connectivity index is 2.22. The Morgan fingerprint density at radius 3 is 2.88 bits per heavy atom. The summed E-state index contributed by atoms with van der Waals surface area (Å²) in [6.07, 6.45) is 2.67. The molecule has 0 aromatic carbocycles. The van der Waals surface area contributed by atoms with Crippen LogP contribution in [0, 0.1) is 0 Å². The molecule has 1 atom stereocenters. The number of methoxy groups -OCH3 is 1. The van der Waals surface area contributed by atoms with E-state index in [4.69, 9.17) is 4.42 Å². The van der Waals surface area contributed by atoms with Crippen LogP contribution in [0.2, 0.25) is 0 Å². The molecule has 1 amide bonds. The van der Waals surface area contributed by atoms with Gasteiger partial charge in [0.25, 0.3) is 0 Å². The maximum atomic E-state index is 11.5. The van der Waals surface area contributed by atoms with Crippen LogP contribution in [0.25, 0.3) is 0 Å². The number of ether oxygens (including phenoxy) is 1. The van der Waals surface area contributed by atoms with E-state index in [2.05, 4.69) is 10.1 Å². The highest BCUT2D eigenvalue weighted by atomic mass is 16.5. The smallest absolute Gasteiger partial charge is 0.307 e. The summed E-state index contributed by atoms with van der Waals surface area (Å²) in [5, 5.41) is 2.73. The van der Waals surface area contributed by atoms with E-state index in [-0.39, 0.29) is 24.3 Å². The first-order valence-electron chi connectivity index (χ1n) is 5.50. The fourth-order valence-corrected chi connectivity index (χ4v) is 1.42. The Morgan fingerprint density at radius 1 is 1.53 bits per heavy atom. The summed E-state index contributed by atoms with van der Waals surface area (Å²) in [5.41, 5.74) is 0. The van der Waals surface area contributed by atoms with Crippen LogP contribution in [0.15, 0.2) is 22.8 Å². The number of hydrogen-bond acceptors (Lipinski definition) is 4. The summed E-state index contributed by atoms with van der Waals surface area (Å²) in [5.74, 6) is 0.349. The molecule has 1 aromatic rings. The number of hydrogen-bond donors (Lipinski definition) is 1. The second kappa shape index (κ2) is 6.73. The molecule has 1 heterocycles. The molecule has 1 unspecified atom stereocenters. The second-order valence-electron chi connectivity index (χ2n) is 3.83. The number of furan rings is 1. The van der Waals surface area contributed by atoms with Gasteiger partial charge in [0.15, 0.2) is 0 Å². The molecule has 5 heteroatoms. The first-order chi connectivity index (χ1) is 8.11. The molecule has 0 aliphatic rings. The number of esters is 1. The maximum absolute atomic E-state index is 11.5. The number of rotatable bonds is 6. The van der Waals surface area contributed by atoms with E-state index in [0.29, 0.717) is 12.8 Å². The van der Waals surface area contributed by atoms with Crippen LogP contribution < -0.4 is 5.32 Å². The Bertz CT molecular complexity index is 359. The lowest BCUT2D eigenvalue weighted by Gasteiger charge is -2.12. The van der Waals surface area contributed by atoms with Crippen molar-refractivity contribution in [2.45, 2.75) is 32.2 Å². The minimum absolute atomic E-state index is 0.0993. The third-order valence-electron chi connectivity index (χ3n) is 2.29. The predicted molar refractivity (Wildman–Crippen MR) is 61.3 cm³/mol. The lowest BCUT2D eigenvalue weighted by atomic mass is 10.2. The number of aryl methyl sites for hydroxylation is 1. The predicted octanol–water partition coefficient (Wildman–Crippen LogP) is 1.28. The summed E-state index contributed by atoms with van der Waals surface area (Å²) in [7, 11) is 1.33. The topological polar surface area (TPSA) is 68.5 Å². The average Bonchev–Trinajstić information content (AvgIpc) is 2.78. The van der Waals surface area contributed by atoms with Gasteiger partial charge < -0.3 is 14.5 Å². The largest absolute Gasteiger partial charge is 0.469 e. The minimum Gasteiger partial charge on any atom is -0.469 e. The molecule has 0 aliphatic heterocycles. The number of carbonyl (C=O) groups is 2. The zero-order chi connectivity index (χ0) is 12.7. The van der Waals surface area contributed by atoms with Crippen LogP contribution in [0.1, 0.15) is 25.5 Å². The van der Waals surface area contributed by atoms with E-state index >= 15 is 0 Å². The molecule has 0 spiro atoms. The normalized spacial score (nSPS) is 11.9. The lowest BCUT2D eigenvalue weighted by molar-refractivity contribution is -0.141. The molecule has 5 nitrogen and oxygen atoms in total. The van der Waals surface area contributed by atoms with E-state index in [1.54, 1.807) is 19.3 Å². The van der Waals surface area contributed by atoms with Crippen molar-refractivity contribution in [2.75, 3.05) is 7.11 Å². The Labute approximate surface area is 100 Å². The van der Waals surface area contributed by atoms with Gasteiger partial charge in [0, 0.05) is 18.9 Å². The van der Waals surface area contributed by atoms with Crippen LogP contribution in [-0.4, -0.2) is 25.0 Å². The zero-order valence-electron chi connectivity index (χ0n) is 10.1. The molecule has 0 bridgehead atoms. The molecule has 17 heavy (non-hydrogen) atoms. The van der Waals surface area contributed by atoms with Gasteiger partial charge in [0.2, 0.25) is 5.91 Å². The van der Waals surface area contributed by atoms with Crippen molar-refractivity contribution in [3.05, 3.63) is 24.2 Å². The lowest BCUT2D eigenvalue weighted by Crippen LogP contribution is -2.34. The minimum atomic E-state index is -0.330. The summed E-state index contributed by atoms with van der Waals surface area (Å²) < 4.78 is 9.63. The molecular weight excluding hydrogens is 222 g/mol. The Morgan fingerprint density at radius 2 is 2.29 bits per heavy atom. The Kier molecular flexibility index (Phi) is 5.26. The standard InChI is InChI=1S/C12H17NO4/c1-9(8-12(15)16-2)13-11(14)6-5-10-4-3-7-17-10/h3-4,7,9H,5-6,8H2,1-2H3,(H,13,14). The van der Waals surface area contributed by atoms with E-state index in [1.165, 1.54) is 7.11 Å². The average molecular weight is 239 g/mol. The molecule has 0 radical (unpaired) electrons. The highest BCUT2D eigenvalue weighted by Crippen LogP contribution is 2.03. The van der Waals surface area contributed by atoms with Crippen LogP contribution in [0.5, 0.6) is 0 Å². The highest BCUT2D eigenvalue weighted by molar-refractivity contribution is 5.77. The second-order valence-corrected chi connectivity index (χ2v) is 3.83. The first kappa shape index (κ1) is 13.3. The van der Waals surface area contributed by atoms with Gasteiger partial charge >= 0.3 is 5.97 Å². The quantitative estimate of drug-likeness (QED) is 0.759. The Hall–Kier alpha value is -1.78. The molecular formula is C12H17NO4. The molecule has 0 aliphatic carbocycles. The highest BCUT2D eigenvalue weighted by Gasteiger charge is 2.12. The summed E-state index contributed by atoms with van der Waals surface area (Å²) in [4.78, 5) is 22.5. The van der Waals surface area contributed by atoms with E-state index in [1.807, 2.05) is 6.07 Å². The fourth-order valence-electron chi connectivity index (χ4n) is 1.42. The summed E-state index contributed by atoms with van der Waals surface area (Å²) >= 11 is 0. The van der Waals surface area contributed by atoms with Gasteiger partial charge in [-0.3, -0.25) is 9.59 Å². The van der Waals surface area contributed by atoms with Gasteiger partial charge in [-0.05, 0) is 19.1 Å². The number of carbonyl (C=O) groups excluding carboxylic acids is 2. The number of amides is 1. The van der Waals surface area contributed by atoms with Gasteiger partial charge in [0.1, 0.15) is 5.76 Å². The summed E-state index contributed by atoms with van der Waals surface area (Å²) in [6, 6.07) is 3.39. The SMILES string of the molecule is COC(=O)CC(C)NC(=O)CCc1ccco1. The molecule has 1 N–H and O–H groups in total. The van der Waals surface area contributed by atoms with Crippen molar-refractivity contribution in [1.82, 2.24) is 5.32 Å². The monoisotopic (exact) mass is 239 g/mol. The maximum Gasteiger partial charge on any atom is 0.307 e. The van der Waals surface area contributed by atoms with Crippen LogP contribution in [-0.2, 0) is 20.7 Å². The first-order valence-corrected chi connectivity index (χ1v) is 5.50. The van der Waals surface area contributed by atoms with Crippen LogP contribution in [0.4, 0.5) is 0 Å². The van der Waals surface area contributed by atoms with Crippen LogP contribution in [0.3, 0.4) is 0 Å². The van der Waals surface area contributed by atoms with E-state index < -0.39 is 0 Å². The molecule has 1 aromatic heterocycles. The molecule has 0 saturated carbocycles. The van der Waals surface area contributed by atoms with E-state index in [0.717, 1.165) is 5.76 Å². The van der Waals surface area contributed by atoms with Crippen molar-refractivity contribution < 1.29 is 18.7 Å². The fraction of sp³-hybridized carbons (Fsp3) is 0.500. The third-order valence-corrected chi connectivity index (χ3v) is 2.29. The third kappa shape index (κ3) is 5.19. The summed E-state index contributed by atoms with van der Waals surface area (Å²) in [6.45, 7) is 1.77. The van der Waals surface area contributed by atoms with Gasteiger partial charge in [-0.25, -0.2) is 0 Å². The van der Waals surface area contributed by atoms with Gasteiger partial charge in [-0.2, -0.15) is 0 Å². The molecule has 0 saturated heterocycles. The van der Waals surface area contributed by atoms with Gasteiger partial charge in [-0.15, -0.1) is 0 Å². The molecule has 0 fully saturated rings. The van der Waals surface area contributed by atoms with Crippen molar-refractivity contribution in [3.8, 4) is 0 Å². The van der Waals surface area contributed by atoms with Gasteiger partial charge in [-0.1, -0.05) is 0 Å². The van der Waals surface area contributed by atoms with Crippen molar-refractivity contribution >= 4 is 11.9 Å². The van der Waals surface area contributed by atoms with Crippen molar-refractivity contribution in [2.24, 2.45) is 0 Å². The van der Waals surface area contributed by atoms with Crippen LogP contribution >= 0.6 is 0 Å². The van der Waals surface area contributed by atoms with Crippen molar-refractivity contribution in [3.63, 3.8) is 0 Å². The van der Waals surface area contributed by atoms with Crippen molar-refractivity contribution in [1.29, 1.82) is 0 Å².